The van der Waals surface area contributed by atoms with Crippen LogP contribution in [0.15, 0.2) is 0 Å². The van der Waals surface area contributed by atoms with E-state index in [1.807, 2.05) is 13.8 Å². The minimum Gasteiger partial charge on any atom is -0.354 e. The maximum Gasteiger partial charge on any atom is 0.220 e. The van der Waals surface area contributed by atoms with Crippen LogP contribution >= 0.6 is 0 Å². The average molecular weight is 212 g/mol. The minimum absolute atomic E-state index is 0.195. The van der Waals surface area contributed by atoms with Crippen molar-refractivity contribution in [2.24, 2.45) is 0 Å². The normalized spacial score (nSPS) is 21.7. The molecule has 0 spiro atoms. The van der Waals surface area contributed by atoms with Gasteiger partial charge in [0.25, 0.3) is 0 Å². The van der Waals surface area contributed by atoms with Gasteiger partial charge in [-0.1, -0.05) is 6.42 Å². The Hall–Kier alpha value is -0.570. The maximum absolute atomic E-state index is 11.4. The second-order valence-electron chi connectivity index (χ2n) is 4.76. The topological polar surface area (TPSA) is 41.1 Å². The van der Waals surface area contributed by atoms with E-state index in [1.165, 1.54) is 19.3 Å². The van der Waals surface area contributed by atoms with E-state index in [-0.39, 0.29) is 11.9 Å². The molecule has 0 aromatic heterocycles. The zero-order chi connectivity index (χ0) is 11.1. The summed E-state index contributed by atoms with van der Waals surface area (Å²) in [5.41, 5.74) is 0. The fourth-order valence-electron chi connectivity index (χ4n) is 2.07. The first-order chi connectivity index (χ1) is 7.18. The Kier molecular flexibility index (Phi) is 5.69. The van der Waals surface area contributed by atoms with Crippen LogP contribution in [0.2, 0.25) is 0 Å². The fourth-order valence-corrected chi connectivity index (χ4v) is 2.07. The van der Waals surface area contributed by atoms with E-state index in [9.17, 15) is 4.79 Å². The molecule has 0 aromatic carbocycles. The Morgan fingerprint density at radius 2 is 2.27 bits per heavy atom. The highest BCUT2D eigenvalue weighted by molar-refractivity contribution is 5.76. The van der Waals surface area contributed by atoms with Crippen molar-refractivity contribution in [3.05, 3.63) is 0 Å². The molecular weight excluding hydrogens is 188 g/mol. The molecule has 3 heteroatoms. The van der Waals surface area contributed by atoms with Gasteiger partial charge in [-0.3, -0.25) is 4.79 Å². The van der Waals surface area contributed by atoms with Crippen LogP contribution in [0.3, 0.4) is 0 Å². The molecule has 1 fully saturated rings. The molecule has 0 aliphatic carbocycles. The predicted molar refractivity (Wildman–Crippen MR) is 62.8 cm³/mol. The Morgan fingerprint density at radius 1 is 1.47 bits per heavy atom. The molecule has 0 radical (unpaired) electrons. The summed E-state index contributed by atoms with van der Waals surface area (Å²) in [5, 5.41) is 6.42. The van der Waals surface area contributed by atoms with Crippen LogP contribution in [0.1, 0.15) is 52.4 Å². The van der Waals surface area contributed by atoms with Crippen molar-refractivity contribution in [3.8, 4) is 0 Å². The fraction of sp³-hybridized carbons (Fsp3) is 0.917. The van der Waals surface area contributed by atoms with Gasteiger partial charge in [0.2, 0.25) is 5.91 Å². The van der Waals surface area contributed by atoms with Crippen LogP contribution in [-0.4, -0.2) is 24.5 Å². The summed E-state index contributed by atoms with van der Waals surface area (Å²) >= 11 is 0. The molecule has 0 aromatic rings. The van der Waals surface area contributed by atoms with Crippen molar-refractivity contribution in [3.63, 3.8) is 0 Å². The number of nitrogens with one attached hydrogen (secondary N) is 2. The lowest BCUT2D eigenvalue weighted by molar-refractivity contribution is -0.121. The Balaban J connectivity index is 2.02. The first-order valence-corrected chi connectivity index (χ1v) is 6.21. The highest BCUT2D eigenvalue weighted by Crippen LogP contribution is 2.12. The van der Waals surface area contributed by atoms with Crippen LogP contribution in [0, 0.1) is 0 Å². The lowest BCUT2D eigenvalue weighted by Crippen LogP contribution is -2.34. The summed E-state index contributed by atoms with van der Waals surface area (Å²) in [6, 6.07) is 0.927. The maximum atomic E-state index is 11.4. The number of piperidine rings is 1. The second kappa shape index (κ2) is 6.83. The van der Waals surface area contributed by atoms with E-state index in [0.29, 0.717) is 12.5 Å². The van der Waals surface area contributed by atoms with E-state index in [4.69, 9.17) is 0 Å². The molecule has 0 bridgehead atoms. The summed E-state index contributed by atoms with van der Waals surface area (Å²) in [6.07, 6.45) is 6.77. The van der Waals surface area contributed by atoms with Gasteiger partial charge in [-0.05, 0) is 46.1 Å². The third-order valence-corrected chi connectivity index (χ3v) is 2.82. The van der Waals surface area contributed by atoms with Crippen molar-refractivity contribution < 1.29 is 4.79 Å². The third-order valence-electron chi connectivity index (χ3n) is 2.82. The molecule has 88 valence electrons. The lowest BCUT2D eigenvalue weighted by Gasteiger charge is -2.23. The molecule has 0 saturated carbocycles. The van der Waals surface area contributed by atoms with Crippen LogP contribution < -0.4 is 10.6 Å². The molecule has 1 aliphatic heterocycles. The highest BCUT2D eigenvalue weighted by atomic mass is 16.1. The van der Waals surface area contributed by atoms with Crippen LogP contribution in [0.4, 0.5) is 0 Å². The smallest absolute Gasteiger partial charge is 0.220 e. The zero-order valence-corrected chi connectivity index (χ0v) is 10.0. The molecule has 1 unspecified atom stereocenters. The molecule has 15 heavy (non-hydrogen) atoms. The third kappa shape index (κ3) is 5.78. The quantitative estimate of drug-likeness (QED) is 0.730. The summed E-state index contributed by atoms with van der Waals surface area (Å²) in [6.45, 7) is 5.16. The first-order valence-electron chi connectivity index (χ1n) is 6.21. The Bertz CT molecular complexity index is 186. The van der Waals surface area contributed by atoms with Gasteiger partial charge >= 0.3 is 0 Å². The molecule has 1 amide bonds. The molecule has 3 nitrogen and oxygen atoms in total. The average Bonchev–Trinajstić information content (AvgIpc) is 2.18. The monoisotopic (exact) mass is 212 g/mol. The molecule has 2 N–H and O–H groups in total. The van der Waals surface area contributed by atoms with E-state index < -0.39 is 0 Å². The number of rotatable bonds is 5. The standard InChI is InChI=1S/C12H24N2O/c1-10(2)14-12(15)8-5-7-11-6-3-4-9-13-11/h10-11,13H,3-9H2,1-2H3,(H,14,15). The van der Waals surface area contributed by atoms with Gasteiger partial charge in [0, 0.05) is 18.5 Å². The van der Waals surface area contributed by atoms with Crippen molar-refractivity contribution >= 4 is 5.91 Å². The highest BCUT2D eigenvalue weighted by Gasteiger charge is 2.12. The van der Waals surface area contributed by atoms with Crippen molar-refractivity contribution in [2.75, 3.05) is 6.54 Å². The minimum atomic E-state index is 0.195. The number of hydrogen-bond donors (Lipinski definition) is 2. The number of carbonyl (C=O) groups is 1. The summed E-state index contributed by atoms with van der Waals surface area (Å²) in [7, 11) is 0. The summed E-state index contributed by atoms with van der Waals surface area (Å²) < 4.78 is 0. The van der Waals surface area contributed by atoms with E-state index in [1.54, 1.807) is 0 Å². The van der Waals surface area contributed by atoms with Gasteiger partial charge in [-0.2, -0.15) is 0 Å². The number of carbonyl (C=O) groups excluding carboxylic acids is 1. The van der Waals surface area contributed by atoms with E-state index in [2.05, 4.69) is 10.6 Å². The first kappa shape index (κ1) is 12.5. The molecule has 1 aliphatic rings. The van der Waals surface area contributed by atoms with Crippen LogP contribution in [-0.2, 0) is 4.79 Å². The van der Waals surface area contributed by atoms with Gasteiger partial charge in [-0.15, -0.1) is 0 Å². The van der Waals surface area contributed by atoms with Gasteiger partial charge in [0.15, 0.2) is 0 Å². The summed E-state index contributed by atoms with van der Waals surface area (Å²) in [5.74, 6) is 0.195. The number of amides is 1. The lowest BCUT2D eigenvalue weighted by atomic mass is 9.99. The molecule has 1 heterocycles. The van der Waals surface area contributed by atoms with Gasteiger partial charge in [0.05, 0.1) is 0 Å². The molecular formula is C12H24N2O. The Morgan fingerprint density at radius 3 is 2.87 bits per heavy atom. The zero-order valence-electron chi connectivity index (χ0n) is 10.0. The van der Waals surface area contributed by atoms with Crippen LogP contribution in [0.5, 0.6) is 0 Å². The largest absolute Gasteiger partial charge is 0.354 e. The summed E-state index contributed by atoms with van der Waals surface area (Å²) in [4.78, 5) is 11.4. The van der Waals surface area contributed by atoms with Gasteiger partial charge in [0.1, 0.15) is 0 Å². The number of hydrogen-bond acceptors (Lipinski definition) is 2. The SMILES string of the molecule is CC(C)NC(=O)CCCC1CCCCN1. The molecule has 1 atom stereocenters. The van der Waals surface area contributed by atoms with E-state index >= 15 is 0 Å². The van der Waals surface area contributed by atoms with Crippen molar-refractivity contribution in [1.29, 1.82) is 0 Å². The Labute approximate surface area is 93.0 Å². The second-order valence-corrected chi connectivity index (χ2v) is 4.76. The van der Waals surface area contributed by atoms with Gasteiger partial charge < -0.3 is 10.6 Å². The van der Waals surface area contributed by atoms with Crippen molar-refractivity contribution in [2.45, 2.75) is 64.5 Å². The van der Waals surface area contributed by atoms with E-state index in [0.717, 1.165) is 19.4 Å². The van der Waals surface area contributed by atoms with Crippen LogP contribution in [0.25, 0.3) is 0 Å². The van der Waals surface area contributed by atoms with Gasteiger partial charge in [-0.25, -0.2) is 0 Å². The predicted octanol–water partition coefficient (Wildman–Crippen LogP) is 1.82. The molecule has 1 rings (SSSR count). The molecule has 1 saturated heterocycles. The van der Waals surface area contributed by atoms with Crippen molar-refractivity contribution in [1.82, 2.24) is 10.6 Å².